The normalized spacial score (nSPS) is 9.43. The fraction of sp³-hybridized carbons (Fsp3) is 0.800. The maximum absolute atomic E-state index is 11.1. The smallest absolute Gasteiger partial charge is 0.233 e. The van der Waals surface area contributed by atoms with Crippen LogP contribution in [0.4, 0.5) is 0 Å². The number of carbonyl (C=O) groups excluding carboxylic acids is 1. The molecule has 0 bridgehead atoms. The third-order valence-electron chi connectivity index (χ3n) is 1.75. The summed E-state index contributed by atoms with van der Waals surface area (Å²) >= 11 is 0. The van der Waals surface area contributed by atoms with E-state index in [1.165, 1.54) is 0 Å². The molecule has 80 valence electrons. The molecule has 4 nitrogen and oxygen atoms in total. The minimum Gasteiger partial charge on any atom is -0.355 e. The summed E-state index contributed by atoms with van der Waals surface area (Å²) in [6.07, 6.45) is 3.35. The van der Waals surface area contributed by atoms with Crippen molar-refractivity contribution in [2.75, 3.05) is 19.6 Å². The number of nitrogens with one attached hydrogen (secondary N) is 2. The first-order valence-corrected chi connectivity index (χ1v) is 5.15. The maximum Gasteiger partial charge on any atom is 0.233 e. The van der Waals surface area contributed by atoms with Crippen LogP contribution in [0, 0.1) is 11.3 Å². The van der Waals surface area contributed by atoms with E-state index < -0.39 is 0 Å². The average molecular weight is 197 g/mol. The molecule has 0 spiro atoms. The van der Waals surface area contributed by atoms with Gasteiger partial charge < -0.3 is 10.6 Å². The zero-order valence-corrected chi connectivity index (χ0v) is 8.81. The Morgan fingerprint density at radius 2 is 2.14 bits per heavy atom. The first-order chi connectivity index (χ1) is 6.81. The summed E-state index contributed by atoms with van der Waals surface area (Å²) < 4.78 is 0. The minimum atomic E-state index is 0.0374. The van der Waals surface area contributed by atoms with E-state index in [0.717, 1.165) is 25.8 Å². The van der Waals surface area contributed by atoms with Crippen molar-refractivity contribution >= 4 is 5.91 Å². The van der Waals surface area contributed by atoms with Gasteiger partial charge in [-0.05, 0) is 25.8 Å². The molecule has 0 saturated heterocycles. The molecule has 4 heteroatoms. The van der Waals surface area contributed by atoms with Gasteiger partial charge in [-0.3, -0.25) is 4.79 Å². The molecule has 0 unspecified atom stereocenters. The number of hydrogen-bond acceptors (Lipinski definition) is 3. The van der Waals surface area contributed by atoms with Gasteiger partial charge in [-0.2, -0.15) is 5.26 Å². The Balaban J connectivity index is 3.15. The summed E-state index contributed by atoms with van der Waals surface area (Å²) in [5, 5.41) is 14.1. The number of nitrogens with zero attached hydrogens (tertiary/aromatic N) is 1. The lowest BCUT2D eigenvalue weighted by Crippen LogP contribution is -2.34. The maximum atomic E-state index is 11.1. The lowest BCUT2D eigenvalue weighted by Gasteiger charge is -2.04. The molecule has 14 heavy (non-hydrogen) atoms. The van der Waals surface area contributed by atoms with Crippen LogP contribution >= 0.6 is 0 Å². The van der Waals surface area contributed by atoms with Gasteiger partial charge in [0.1, 0.15) is 0 Å². The molecule has 0 atom stereocenters. The Labute approximate surface area is 85.7 Å². The lowest BCUT2D eigenvalue weighted by atomic mass is 10.2. The van der Waals surface area contributed by atoms with Crippen molar-refractivity contribution in [2.45, 2.75) is 32.6 Å². The number of carbonyl (C=O) groups is 1. The van der Waals surface area contributed by atoms with Crippen LogP contribution in [0.2, 0.25) is 0 Å². The summed E-state index contributed by atoms with van der Waals surface area (Å²) in [6.45, 7) is 4.01. The van der Waals surface area contributed by atoms with Crippen molar-refractivity contribution in [2.24, 2.45) is 0 Å². The van der Waals surface area contributed by atoms with Gasteiger partial charge in [-0.15, -0.1) is 0 Å². The van der Waals surface area contributed by atoms with Crippen LogP contribution in [-0.4, -0.2) is 25.5 Å². The van der Waals surface area contributed by atoms with Gasteiger partial charge >= 0.3 is 0 Å². The van der Waals surface area contributed by atoms with Crippen molar-refractivity contribution in [3.05, 3.63) is 0 Å². The molecule has 2 N–H and O–H groups in total. The van der Waals surface area contributed by atoms with E-state index in [0.29, 0.717) is 19.5 Å². The highest BCUT2D eigenvalue weighted by Crippen LogP contribution is 1.90. The summed E-state index contributed by atoms with van der Waals surface area (Å²) in [5.41, 5.74) is 0. The van der Waals surface area contributed by atoms with Crippen molar-refractivity contribution in [1.29, 1.82) is 5.26 Å². The second-order valence-corrected chi connectivity index (χ2v) is 3.14. The van der Waals surface area contributed by atoms with E-state index >= 15 is 0 Å². The molecule has 0 aliphatic rings. The van der Waals surface area contributed by atoms with Crippen LogP contribution in [0.5, 0.6) is 0 Å². The van der Waals surface area contributed by atoms with E-state index in [2.05, 4.69) is 23.6 Å². The van der Waals surface area contributed by atoms with E-state index in [4.69, 9.17) is 5.26 Å². The van der Waals surface area contributed by atoms with Gasteiger partial charge in [-0.25, -0.2) is 0 Å². The van der Waals surface area contributed by atoms with E-state index in [1.54, 1.807) is 0 Å². The standard InChI is InChI=1S/C10H19N3O/c1-2-7-12-9-10(14)13-8-5-3-4-6-11/h12H,2-5,7-9H2,1H3,(H,13,14). The predicted molar refractivity (Wildman–Crippen MR) is 55.6 cm³/mol. The largest absolute Gasteiger partial charge is 0.355 e. The third-order valence-corrected chi connectivity index (χ3v) is 1.75. The van der Waals surface area contributed by atoms with Gasteiger partial charge in [0.15, 0.2) is 0 Å². The summed E-state index contributed by atoms with van der Waals surface area (Å²) in [7, 11) is 0. The Morgan fingerprint density at radius 3 is 2.79 bits per heavy atom. The van der Waals surface area contributed by atoms with Gasteiger partial charge in [0, 0.05) is 13.0 Å². The first-order valence-electron chi connectivity index (χ1n) is 5.15. The van der Waals surface area contributed by atoms with Crippen molar-refractivity contribution in [3.8, 4) is 6.07 Å². The van der Waals surface area contributed by atoms with Crippen LogP contribution in [0.3, 0.4) is 0 Å². The monoisotopic (exact) mass is 197 g/mol. The molecule has 0 aromatic heterocycles. The lowest BCUT2D eigenvalue weighted by molar-refractivity contribution is -0.120. The molecular weight excluding hydrogens is 178 g/mol. The van der Waals surface area contributed by atoms with Gasteiger partial charge in [0.05, 0.1) is 12.6 Å². The second kappa shape index (κ2) is 10.0. The predicted octanol–water partition coefficient (Wildman–Crippen LogP) is 0.796. The molecule has 0 saturated carbocycles. The molecule has 0 heterocycles. The molecular formula is C10H19N3O. The Morgan fingerprint density at radius 1 is 1.36 bits per heavy atom. The fourth-order valence-corrected chi connectivity index (χ4v) is 0.998. The molecule has 0 aromatic carbocycles. The Kier molecular flexibility index (Phi) is 9.23. The molecule has 1 amide bonds. The van der Waals surface area contributed by atoms with Gasteiger partial charge in [-0.1, -0.05) is 6.92 Å². The first kappa shape index (κ1) is 12.9. The van der Waals surface area contributed by atoms with Gasteiger partial charge in [0.25, 0.3) is 0 Å². The van der Waals surface area contributed by atoms with Crippen LogP contribution in [-0.2, 0) is 4.79 Å². The summed E-state index contributed by atoms with van der Waals surface area (Å²) in [4.78, 5) is 11.1. The highest BCUT2D eigenvalue weighted by molar-refractivity contribution is 5.77. The summed E-state index contributed by atoms with van der Waals surface area (Å²) in [5.74, 6) is 0.0374. The zero-order valence-electron chi connectivity index (χ0n) is 8.81. The Hall–Kier alpha value is -1.08. The SMILES string of the molecule is CCCNCC(=O)NCCCCC#N. The molecule has 0 rings (SSSR count). The Bertz CT molecular complexity index is 186. The molecule has 0 aliphatic heterocycles. The molecule has 0 radical (unpaired) electrons. The molecule has 0 aliphatic carbocycles. The highest BCUT2D eigenvalue weighted by atomic mass is 16.1. The van der Waals surface area contributed by atoms with Crippen molar-refractivity contribution in [3.63, 3.8) is 0 Å². The number of rotatable bonds is 8. The molecule has 0 aromatic rings. The average Bonchev–Trinajstić information content (AvgIpc) is 2.18. The van der Waals surface area contributed by atoms with Gasteiger partial charge in [0.2, 0.25) is 5.91 Å². The number of hydrogen-bond donors (Lipinski definition) is 2. The quantitative estimate of drug-likeness (QED) is 0.566. The number of nitriles is 1. The van der Waals surface area contributed by atoms with Crippen molar-refractivity contribution in [1.82, 2.24) is 10.6 Å². The van der Waals surface area contributed by atoms with Crippen LogP contribution < -0.4 is 10.6 Å². The molecule has 0 fully saturated rings. The van der Waals surface area contributed by atoms with Crippen LogP contribution in [0.25, 0.3) is 0 Å². The topological polar surface area (TPSA) is 64.9 Å². The third kappa shape index (κ3) is 9.01. The van der Waals surface area contributed by atoms with E-state index in [1.807, 2.05) is 0 Å². The second-order valence-electron chi connectivity index (χ2n) is 3.14. The van der Waals surface area contributed by atoms with E-state index in [9.17, 15) is 4.79 Å². The van der Waals surface area contributed by atoms with E-state index in [-0.39, 0.29) is 5.91 Å². The number of unbranched alkanes of at least 4 members (excludes halogenated alkanes) is 2. The van der Waals surface area contributed by atoms with Crippen molar-refractivity contribution < 1.29 is 4.79 Å². The fourth-order valence-electron chi connectivity index (χ4n) is 0.998. The minimum absolute atomic E-state index is 0.0374. The van der Waals surface area contributed by atoms with Crippen LogP contribution in [0.1, 0.15) is 32.6 Å². The summed E-state index contributed by atoms with van der Waals surface area (Å²) in [6, 6.07) is 2.07. The number of amides is 1. The highest BCUT2D eigenvalue weighted by Gasteiger charge is 1.97. The van der Waals surface area contributed by atoms with Crippen LogP contribution in [0.15, 0.2) is 0 Å². The zero-order chi connectivity index (χ0) is 10.6.